The average molecular weight is 233 g/mol. The van der Waals surface area contributed by atoms with Gasteiger partial charge in [-0.1, -0.05) is 19.4 Å². The van der Waals surface area contributed by atoms with E-state index in [9.17, 15) is 4.79 Å². The van der Waals surface area contributed by atoms with Gasteiger partial charge in [-0.3, -0.25) is 9.21 Å². The number of nitrogens with zero attached hydrogens (tertiary/aromatic N) is 1. The molecule has 0 spiro atoms. The number of nitrogens with two attached hydrogens (primary N) is 1. The molecule has 0 saturated heterocycles. The first-order valence-corrected chi connectivity index (χ1v) is 5.78. The first-order chi connectivity index (χ1) is 6.99. The Kier molecular flexibility index (Phi) is 6.61. The average Bonchev–Trinajstić information content (AvgIpc) is 2.22. The molecule has 0 fully saturated rings. The molecule has 1 amide bonds. The van der Waals surface area contributed by atoms with Gasteiger partial charge in [0.05, 0.1) is 0 Å². The third-order valence-electron chi connectivity index (χ3n) is 2.42. The van der Waals surface area contributed by atoms with Crippen LogP contribution in [0.5, 0.6) is 0 Å². The highest BCUT2D eigenvalue weighted by Gasteiger charge is 2.21. The lowest BCUT2D eigenvalue weighted by Gasteiger charge is -2.19. The lowest BCUT2D eigenvalue weighted by atomic mass is 9.97. The number of carbonyl (C=O) groups is 1. The summed E-state index contributed by atoms with van der Waals surface area (Å²) in [5.41, 5.74) is 7.57. The van der Waals surface area contributed by atoms with Gasteiger partial charge in [0, 0.05) is 29.9 Å². The van der Waals surface area contributed by atoms with E-state index < -0.39 is 0 Å². The molecule has 4 heteroatoms. The summed E-state index contributed by atoms with van der Waals surface area (Å²) in [4.78, 5) is 11.9. The predicted molar refractivity (Wildman–Crippen MR) is 64.5 cm³/mol. The van der Waals surface area contributed by atoms with E-state index >= 15 is 0 Å². The predicted octanol–water partition coefficient (Wildman–Crippen LogP) is 2.45. The molecule has 0 saturated carbocycles. The first-order valence-electron chi connectivity index (χ1n) is 5.44. The van der Waals surface area contributed by atoms with Crippen LogP contribution in [0.25, 0.3) is 0 Å². The Morgan fingerprint density at radius 2 is 1.80 bits per heavy atom. The SMILES string of the molecule is CCC(CC)=C(C(=O)N(Cl)CC)C(C)N. The van der Waals surface area contributed by atoms with Crippen molar-refractivity contribution >= 4 is 17.7 Å². The Hall–Kier alpha value is -0.540. The number of hydrogen-bond acceptors (Lipinski definition) is 2. The van der Waals surface area contributed by atoms with Gasteiger partial charge in [-0.15, -0.1) is 0 Å². The van der Waals surface area contributed by atoms with E-state index in [1.54, 1.807) is 0 Å². The van der Waals surface area contributed by atoms with Gasteiger partial charge in [0.2, 0.25) is 0 Å². The first kappa shape index (κ1) is 14.5. The van der Waals surface area contributed by atoms with E-state index in [1.165, 1.54) is 4.42 Å². The minimum atomic E-state index is -0.264. The van der Waals surface area contributed by atoms with Crippen LogP contribution in [0.1, 0.15) is 40.5 Å². The highest BCUT2D eigenvalue weighted by Crippen LogP contribution is 2.18. The number of halogens is 1. The summed E-state index contributed by atoms with van der Waals surface area (Å²) in [5.74, 6) is -0.159. The van der Waals surface area contributed by atoms with Gasteiger partial charge in [0.1, 0.15) is 0 Å². The number of rotatable bonds is 5. The molecule has 2 N–H and O–H groups in total. The fourth-order valence-corrected chi connectivity index (χ4v) is 1.66. The molecule has 0 aromatic rings. The van der Waals surface area contributed by atoms with Crippen molar-refractivity contribution < 1.29 is 4.79 Å². The molecule has 0 rings (SSSR count). The van der Waals surface area contributed by atoms with Gasteiger partial charge in [-0.2, -0.15) is 0 Å². The molecule has 0 aromatic carbocycles. The number of hydrogen-bond donors (Lipinski definition) is 1. The van der Waals surface area contributed by atoms with Crippen molar-refractivity contribution in [2.75, 3.05) is 6.54 Å². The normalized spacial score (nSPS) is 12.1. The highest BCUT2D eigenvalue weighted by atomic mass is 35.5. The van der Waals surface area contributed by atoms with Gasteiger partial charge in [0.25, 0.3) is 5.91 Å². The summed E-state index contributed by atoms with van der Waals surface area (Å²) in [5, 5.41) is 0. The molecule has 0 bridgehead atoms. The number of likely N-dealkylation sites (N-methyl/N-ethyl adjacent to an activating group) is 1. The summed E-state index contributed by atoms with van der Waals surface area (Å²) >= 11 is 5.81. The molecule has 0 aromatic heterocycles. The fraction of sp³-hybridized carbons (Fsp3) is 0.727. The van der Waals surface area contributed by atoms with Gasteiger partial charge in [-0.05, 0) is 26.7 Å². The van der Waals surface area contributed by atoms with E-state index in [0.29, 0.717) is 12.1 Å². The maximum atomic E-state index is 11.9. The van der Waals surface area contributed by atoms with Crippen molar-refractivity contribution in [2.24, 2.45) is 5.73 Å². The summed E-state index contributed by atoms with van der Waals surface area (Å²) in [7, 11) is 0. The van der Waals surface area contributed by atoms with Gasteiger partial charge in [0.15, 0.2) is 0 Å². The third-order valence-corrected chi connectivity index (χ3v) is 2.81. The van der Waals surface area contributed by atoms with Crippen LogP contribution in [-0.2, 0) is 4.79 Å². The summed E-state index contributed by atoms with van der Waals surface area (Å²) < 4.78 is 1.18. The Balaban J connectivity index is 5.13. The Morgan fingerprint density at radius 1 is 1.33 bits per heavy atom. The topological polar surface area (TPSA) is 46.3 Å². The molecule has 0 radical (unpaired) electrons. The number of allylic oxidation sites excluding steroid dienone is 1. The molecule has 0 aliphatic carbocycles. The monoisotopic (exact) mass is 232 g/mol. The van der Waals surface area contributed by atoms with Crippen molar-refractivity contribution in [2.45, 2.75) is 46.6 Å². The minimum absolute atomic E-state index is 0.159. The summed E-state index contributed by atoms with van der Waals surface area (Å²) in [6, 6.07) is -0.264. The van der Waals surface area contributed by atoms with E-state index in [4.69, 9.17) is 17.5 Å². The summed E-state index contributed by atoms with van der Waals surface area (Å²) in [6.45, 7) is 8.19. The highest BCUT2D eigenvalue weighted by molar-refractivity contribution is 6.24. The molecule has 88 valence electrons. The molecule has 15 heavy (non-hydrogen) atoms. The molecular weight excluding hydrogens is 212 g/mol. The van der Waals surface area contributed by atoms with Gasteiger partial charge >= 0.3 is 0 Å². The Bertz CT molecular complexity index is 243. The van der Waals surface area contributed by atoms with Crippen molar-refractivity contribution in [1.29, 1.82) is 0 Å². The van der Waals surface area contributed by atoms with Crippen LogP contribution in [0.2, 0.25) is 0 Å². The van der Waals surface area contributed by atoms with E-state index in [-0.39, 0.29) is 11.9 Å². The van der Waals surface area contributed by atoms with Crippen LogP contribution in [0.15, 0.2) is 11.1 Å². The largest absolute Gasteiger partial charge is 0.324 e. The maximum Gasteiger partial charge on any atom is 0.265 e. The Labute approximate surface area is 97.4 Å². The zero-order valence-electron chi connectivity index (χ0n) is 10.0. The van der Waals surface area contributed by atoms with E-state index in [1.807, 2.05) is 27.7 Å². The van der Waals surface area contributed by atoms with Gasteiger partial charge in [-0.25, -0.2) is 0 Å². The standard InChI is InChI=1S/C11H21ClN2O/c1-5-9(6-2)10(8(4)13)11(15)14(12)7-3/h8H,5-7,13H2,1-4H3. The van der Waals surface area contributed by atoms with Crippen molar-refractivity contribution in [1.82, 2.24) is 4.42 Å². The van der Waals surface area contributed by atoms with Crippen LogP contribution in [-0.4, -0.2) is 22.9 Å². The smallest absolute Gasteiger partial charge is 0.265 e. The molecular formula is C11H21ClN2O. The second-order valence-electron chi connectivity index (χ2n) is 3.50. The lowest BCUT2D eigenvalue weighted by molar-refractivity contribution is -0.122. The third kappa shape index (κ3) is 3.84. The second kappa shape index (κ2) is 6.85. The van der Waals surface area contributed by atoms with Crippen LogP contribution in [0.4, 0.5) is 0 Å². The van der Waals surface area contributed by atoms with Crippen LogP contribution >= 0.6 is 11.8 Å². The van der Waals surface area contributed by atoms with Crippen LogP contribution in [0, 0.1) is 0 Å². The number of amides is 1. The number of carbonyl (C=O) groups excluding carboxylic acids is 1. The molecule has 3 nitrogen and oxygen atoms in total. The van der Waals surface area contributed by atoms with Crippen molar-refractivity contribution in [3.8, 4) is 0 Å². The lowest BCUT2D eigenvalue weighted by Crippen LogP contribution is -2.33. The van der Waals surface area contributed by atoms with E-state index in [2.05, 4.69) is 0 Å². The second-order valence-corrected chi connectivity index (χ2v) is 3.90. The molecule has 0 aliphatic heterocycles. The molecule has 1 unspecified atom stereocenters. The zero-order valence-corrected chi connectivity index (χ0v) is 10.8. The van der Waals surface area contributed by atoms with Crippen molar-refractivity contribution in [3.63, 3.8) is 0 Å². The van der Waals surface area contributed by atoms with Crippen LogP contribution < -0.4 is 5.73 Å². The molecule has 0 heterocycles. The minimum Gasteiger partial charge on any atom is -0.324 e. The summed E-state index contributed by atoms with van der Waals surface area (Å²) in [6.07, 6.45) is 1.68. The van der Waals surface area contributed by atoms with Crippen molar-refractivity contribution in [3.05, 3.63) is 11.1 Å². The Morgan fingerprint density at radius 3 is 2.07 bits per heavy atom. The van der Waals surface area contributed by atoms with Gasteiger partial charge < -0.3 is 5.73 Å². The molecule has 1 atom stereocenters. The molecule has 0 aliphatic rings. The zero-order chi connectivity index (χ0) is 12.0. The maximum absolute atomic E-state index is 11.9. The van der Waals surface area contributed by atoms with E-state index in [0.717, 1.165) is 18.4 Å². The fourth-order valence-electron chi connectivity index (χ4n) is 1.57. The quantitative estimate of drug-likeness (QED) is 0.585. The van der Waals surface area contributed by atoms with Crippen LogP contribution in [0.3, 0.4) is 0 Å².